The summed E-state index contributed by atoms with van der Waals surface area (Å²) < 4.78 is 0. The van der Waals surface area contributed by atoms with Gasteiger partial charge in [-0.05, 0) is 176 Å². The number of hydrogen-bond donors (Lipinski definition) is 0. The number of rotatable bonds is 15. The maximum atomic E-state index is 2.35. The van der Waals surface area contributed by atoms with Gasteiger partial charge in [0.1, 0.15) is 0 Å². The minimum Gasteiger partial charge on any atom is -0.310 e. The van der Waals surface area contributed by atoms with Gasteiger partial charge in [-0.1, -0.05) is 291 Å². The van der Waals surface area contributed by atoms with E-state index < -0.39 is 0 Å². The summed E-state index contributed by atoms with van der Waals surface area (Å²) in [5.41, 5.74) is 20.8. The summed E-state index contributed by atoms with van der Waals surface area (Å²) in [5, 5.41) is 9.81. The van der Waals surface area contributed by atoms with Crippen LogP contribution in [0.5, 0.6) is 0 Å². The van der Waals surface area contributed by atoms with Crippen molar-refractivity contribution in [1.29, 1.82) is 0 Å². The summed E-state index contributed by atoms with van der Waals surface area (Å²) in [4.78, 5) is 9.38. The molecule has 0 N–H and O–H groups in total. The number of fused-ring (bicyclic) bond motifs is 4. The molecular formula is C94H68N4. The molecule has 0 atom stereocenters. The summed E-state index contributed by atoms with van der Waals surface area (Å²) in [6.07, 6.45) is 0. The zero-order valence-corrected chi connectivity index (χ0v) is 54.0. The van der Waals surface area contributed by atoms with Gasteiger partial charge in [0, 0.05) is 67.0 Å². The average molecular weight is 1250 g/mol. The number of anilines is 12. The molecule has 0 aliphatic heterocycles. The van der Waals surface area contributed by atoms with E-state index >= 15 is 0 Å². The standard InChI is InChI=1S/C50H36N2.C44H32N2/c1-3-17-43(18-4-1)51(49-23-11-15-41-13-7-9-21-47(41)49)45-33-29-39(30-34-45)37-25-27-38(28-26-37)40-31-35-46(36-32-40)52(44-19-5-2-6-20-44)50-24-12-16-42-14-8-10-22-48(42)50;1-3-17-37(18-4-1)45(43-23-11-15-35-13-7-9-21-41(35)43)39-29-25-33(26-30-39)34-27-31-40(32-28-34)46(38-19-5-2-6-20-38)44-24-12-16-36-14-8-10-22-42(36)44/h1-36H;1-32H. The van der Waals surface area contributed by atoms with Gasteiger partial charge in [-0.2, -0.15) is 0 Å². The molecule has 0 saturated heterocycles. The van der Waals surface area contributed by atoms with E-state index in [9.17, 15) is 0 Å². The lowest BCUT2D eigenvalue weighted by molar-refractivity contribution is 1.29. The summed E-state index contributed by atoms with van der Waals surface area (Å²) in [5.74, 6) is 0. The Morgan fingerprint density at radius 3 is 0.469 bits per heavy atom. The molecule has 17 aromatic carbocycles. The van der Waals surface area contributed by atoms with Crippen molar-refractivity contribution < 1.29 is 0 Å². The van der Waals surface area contributed by atoms with E-state index in [1.165, 1.54) is 76.5 Å². The van der Waals surface area contributed by atoms with Crippen LogP contribution < -0.4 is 19.6 Å². The molecule has 0 aliphatic rings. The molecule has 0 bridgehead atoms. The van der Waals surface area contributed by atoms with Crippen molar-refractivity contribution in [2.24, 2.45) is 0 Å². The molecule has 17 aromatic rings. The second kappa shape index (κ2) is 27.5. The molecule has 0 radical (unpaired) electrons. The lowest BCUT2D eigenvalue weighted by Gasteiger charge is -2.27. The third-order valence-corrected chi connectivity index (χ3v) is 18.5. The van der Waals surface area contributed by atoms with Crippen LogP contribution in [-0.2, 0) is 0 Å². The predicted octanol–water partition coefficient (Wildman–Crippen LogP) is 26.9. The van der Waals surface area contributed by atoms with Crippen LogP contribution in [0.3, 0.4) is 0 Å². The van der Waals surface area contributed by atoms with Crippen LogP contribution in [0.2, 0.25) is 0 Å². The molecule has 0 amide bonds. The van der Waals surface area contributed by atoms with Gasteiger partial charge in [0.2, 0.25) is 0 Å². The molecule has 0 aliphatic carbocycles. The van der Waals surface area contributed by atoms with Crippen molar-refractivity contribution in [1.82, 2.24) is 0 Å². The Balaban J connectivity index is 0.000000154. The van der Waals surface area contributed by atoms with Crippen molar-refractivity contribution in [3.63, 3.8) is 0 Å². The van der Waals surface area contributed by atoms with E-state index in [1.807, 2.05) is 0 Å². The molecule has 4 heteroatoms. The summed E-state index contributed by atoms with van der Waals surface area (Å²) in [6, 6.07) is 147. The van der Waals surface area contributed by atoms with Gasteiger partial charge in [0.25, 0.3) is 0 Å². The van der Waals surface area contributed by atoms with Gasteiger partial charge in [-0.15, -0.1) is 0 Å². The van der Waals surface area contributed by atoms with Crippen LogP contribution in [0.4, 0.5) is 68.2 Å². The first-order valence-electron chi connectivity index (χ1n) is 33.5. The van der Waals surface area contributed by atoms with Crippen LogP contribution in [0.15, 0.2) is 413 Å². The zero-order valence-electron chi connectivity index (χ0n) is 54.0. The largest absolute Gasteiger partial charge is 0.310 e. The van der Waals surface area contributed by atoms with E-state index in [2.05, 4.69) is 432 Å². The molecule has 17 rings (SSSR count). The topological polar surface area (TPSA) is 13.0 Å². The van der Waals surface area contributed by atoms with E-state index in [4.69, 9.17) is 0 Å². The number of para-hydroxylation sites is 4. The first-order valence-corrected chi connectivity index (χ1v) is 33.5. The van der Waals surface area contributed by atoms with Gasteiger partial charge >= 0.3 is 0 Å². The van der Waals surface area contributed by atoms with E-state index in [1.54, 1.807) is 0 Å². The monoisotopic (exact) mass is 1250 g/mol. The molecule has 0 saturated carbocycles. The molecule has 0 unspecified atom stereocenters. The smallest absolute Gasteiger partial charge is 0.0540 e. The van der Waals surface area contributed by atoms with Gasteiger partial charge < -0.3 is 19.6 Å². The van der Waals surface area contributed by atoms with Crippen molar-refractivity contribution in [2.45, 2.75) is 0 Å². The van der Waals surface area contributed by atoms with Crippen molar-refractivity contribution >= 4 is 111 Å². The molecule has 464 valence electrons. The fourth-order valence-electron chi connectivity index (χ4n) is 13.7. The Labute approximate surface area is 573 Å². The second-order valence-corrected chi connectivity index (χ2v) is 24.4. The van der Waals surface area contributed by atoms with E-state index in [0.717, 1.165) is 68.2 Å². The van der Waals surface area contributed by atoms with Crippen LogP contribution in [0.25, 0.3) is 76.5 Å². The van der Waals surface area contributed by atoms with Crippen molar-refractivity contribution in [3.05, 3.63) is 413 Å². The zero-order chi connectivity index (χ0) is 65.4. The minimum absolute atomic E-state index is 1.12. The third kappa shape index (κ3) is 12.3. The Morgan fingerprint density at radius 2 is 0.265 bits per heavy atom. The highest BCUT2D eigenvalue weighted by molar-refractivity contribution is 6.03. The van der Waals surface area contributed by atoms with Crippen LogP contribution in [-0.4, -0.2) is 0 Å². The first-order chi connectivity index (χ1) is 48.6. The third-order valence-electron chi connectivity index (χ3n) is 18.5. The Kier molecular flexibility index (Phi) is 16.8. The molecule has 0 fully saturated rings. The fourth-order valence-corrected chi connectivity index (χ4v) is 13.7. The Morgan fingerprint density at radius 1 is 0.112 bits per heavy atom. The quantitative estimate of drug-likeness (QED) is 0.101. The van der Waals surface area contributed by atoms with E-state index in [-0.39, 0.29) is 0 Å². The lowest BCUT2D eigenvalue weighted by Crippen LogP contribution is -2.10. The fraction of sp³-hybridized carbons (Fsp3) is 0. The van der Waals surface area contributed by atoms with Crippen LogP contribution in [0, 0.1) is 0 Å². The molecule has 0 spiro atoms. The SMILES string of the molecule is c1ccc(N(c2ccc(-c3ccc(-c4ccc(N(c5ccccc5)c5cccc6ccccc56)cc4)cc3)cc2)c2cccc3ccccc23)cc1.c1ccc(N(c2ccc(-c3ccc(N(c4ccccc4)c4cccc5ccccc45)cc3)cc2)c2cccc3ccccc23)cc1. The highest BCUT2D eigenvalue weighted by atomic mass is 15.2. The average Bonchev–Trinajstić information content (AvgIpc) is 0.807. The molecule has 0 heterocycles. The molecule has 0 aromatic heterocycles. The van der Waals surface area contributed by atoms with E-state index in [0.29, 0.717) is 0 Å². The minimum atomic E-state index is 1.12. The van der Waals surface area contributed by atoms with Gasteiger partial charge in [0.15, 0.2) is 0 Å². The van der Waals surface area contributed by atoms with Crippen molar-refractivity contribution in [2.75, 3.05) is 19.6 Å². The van der Waals surface area contributed by atoms with Gasteiger partial charge in [0.05, 0.1) is 22.7 Å². The molecule has 98 heavy (non-hydrogen) atoms. The number of benzene rings is 17. The Bertz CT molecular complexity index is 5160. The summed E-state index contributed by atoms with van der Waals surface area (Å²) in [6.45, 7) is 0. The summed E-state index contributed by atoms with van der Waals surface area (Å²) >= 11 is 0. The number of hydrogen-bond acceptors (Lipinski definition) is 4. The molecule has 4 nitrogen and oxygen atoms in total. The lowest BCUT2D eigenvalue weighted by atomic mass is 9.99. The molecular weight excluding hydrogens is 1190 g/mol. The normalized spacial score (nSPS) is 11.1. The highest BCUT2D eigenvalue weighted by Crippen LogP contribution is 2.45. The van der Waals surface area contributed by atoms with Crippen LogP contribution in [0.1, 0.15) is 0 Å². The van der Waals surface area contributed by atoms with Crippen LogP contribution >= 0.6 is 0 Å². The van der Waals surface area contributed by atoms with Gasteiger partial charge in [-0.3, -0.25) is 0 Å². The highest BCUT2D eigenvalue weighted by Gasteiger charge is 2.20. The predicted molar refractivity (Wildman–Crippen MR) is 418 cm³/mol. The summed E-state index contributed by atoms with van der Waals surface area (Å²) in [7, 11) is 0. The van der Waals surface area contributed by atoms with Gasteiger partial charge in [-0.25, -0.2) is 0 Å². The van der Waals surface area contributed by atoms with Crippen molar-refractivity contribution in [3.8, 4) is 33.4 Å². The first kappa shape index (κ1) is 60.0. The second-order valence-electron chi connectivity index (χ2n) is 24.4. The maximum Gasteiger partial charge on any atom is 0.0540 e. The Hall–Kier alpha value is -13.0. The number of nitrogens with zero attached hydrogens (tertiary/aromatic N) is 4. The maximum absolute atomic E-state index is 2.35.